The number of aromatic nitrogens is 3. The molecule has 1 saturated carbocycles. The van der Waals surface area contributed by atoms with Gasteiger partial charge in [-0.2, -0.15) is 0 Å². The van der Waals surface area contributed by atoms with E-state index in [1.165, 1.54) is 43.9 Å². The van der Waals surface area contributed by atoms with E-state index in [1.807, 2.05) is 30.3 Å². The van der Waals surface area contributed by atoms with Crippen molar-refractivity contribution in [3.63, 3.8) is 0 Å². The summed E-state index contributed by atoms with van der Waals surface area (Å²) in [6.45, 7) is 0.556. The highest BCUT2D eigenvalue weighted by Gasteiger charge is 2.15. The molecule has 0 spiro atoms. The molecule has 0 atom stereocenters. The number of amides is 1. The number of carbonyl (C=O) groups is 1. The average Bonchev–Trinajstić information content (AvgIpc) is 3.29. The molecule has 24 heavy (non-hydrogen) atoms. The Bertz CT molecular complexity index is 637. The Kier molecular flexibility index (Phi) is 6.29. The minimum Gasteiger partial charge on any atom is -0.351 e. The number of aryl methyl sites for hydroxylation is 1. The molecule has 5 nitrogen and oxygen atoms in total. The van der Waals surface area contributed by atoms with Gasteiger partial charge in [0.1, 0.15) is 5.82 Å². The molecule has 0 radical (unpaired) electrons. The van der Waals surface area contributed by atoms with Crippen LogP contribution in [0.3, 0.4) is 0 Å². The number of benzene rings is 1. The third kappa shape index (κ3) is 5.37. The summed E-state index contributed by atoms with van der Waals surface area (Å²) in [6, 6.07) is 9.90. The molecule has 1 aliphatic carbocycles. The Balaban J connectivity index is 1.36. The van der Waals surface area contributed by atoms with Gasteiger partial charge in [0.2, 0.25) is 11.1 Å². The number of nitrogens with zero attached hydrogens (tertiary/aromatic N) is 2. The molecule has 0 saturated heterocycles. The minimum absolute atomic E-state index is 0.00107. The topological polar surface area (TPSA) is 70.7 Å². The molecule has 0 aliphatic heterocycles. The first-order valence-electron chi connectivity index (χ1n) is 8.64. The second-order valence-corrected chi connectivity index (χ2v) is 7.25. The molecule has 1 heterocycles. The van der Waals surface area contributed by atoms with Crippen molar-refractivity contribution in [3.8, 4) is 0 Å². The summed E-state index contributed by atoms with van der Waals surface area (Å²) < 4.78 is 0. The van der Waals surface area contributed by atoms with Crippen LogP contribution in [0.1, 0.15) is 43.5 Å². The van der Waals surface area contributed by atoms with Crippen molar-refractivity contribution >= 4 is 17.7 Å². The molecule has 2 N–H and O–H groups in total. The number of rotatable bonds is 8. The molecule has 0 unspecified atom stereocenters. The van der Waals surface area contributed by atoms with Gasteiger partial charge in [-0.1, -0.05) is 67.8 Å². The van der Waals surface area contributed by atoms with Gasteiger partial charge in [0, 0.05) is 13.0 Å². The summed E-state index contributed by atoms with van der Waals surface area (Å²) in [5.41, 5.74) is 1.10. The Morgan fingerprint density at radius 3 is 2.83 bits per heavy atom. The monoisotopic (exact) mass is 344 g/mol. The van der Waals surface area contributed by atoms with E-state index in [9.17, 15) is 4.79 Å². The summed E-state index contributed by atoms with van der Waals surface area (Å²) >= 11 is 1.38. The van der Waals surface area contributed by atoms with Crippen LogP contribution in [-0.4, -0.2) is 26.8 Å². The normalized spacial score (nSPS) is 14.8. The number of nitrogens with one attached hydrogen (secondary N) is 2. The Morgan fingerprint density at radius 2 is 2.04 bits per heavy atom. The zero-order chi connectivity index (χ0) is 16.6. The van der Waals surface area contributed by atoms with Gasteiger partial charge in [0.15, 0.2) is 0 Å². The third-order valence-corrected chi connectivity index (χ3v) is 5.29. The van der Waals surface area contributed by atoms with Gasteiger partial charge in [-0.05, 0) is 17.9 Å². The molecular weight excluding hydrogens is 320 g/mol. The summed E-state index contributed by atoms with van der Waals surface area (Å²) in [4.78, 5) is 16.4. The molecular formula is C18H24N4OS. The second-order valence-electron chi connectivity index (χ2n) is 6.30. The highest BCUT2D eigenvalue weighted by molar-refractivity contribution is 7.99. The fourth-order valence-electron chi connectivity index (χ4n) is 3.07. The van der Waals surface area contributed by atoms with Crippen molar-refractivity contribution in [1.82, 2.24) is 20.5 Å². The van der Waals surface area contributed by atoms with Gasteiger partial charge in [-0.15, -0.1) is 5.10 Å². The first kappa shape index (κ1) is 17.0. The Morgan fingerprint density at radius 1 is 1.25 bits per heavy atom. The van der Waals surface area contributed by atoms with Crippen LogP contribution >= 0.6 is 11.8 Å². The van der Waals surface area contributed by atoms with E-state index < -0.39 is 0 Å². The van der Waals surface area contributed by atoms with E-state index in [2.05, 4.69) is 20.5 Å². The van der Waals surface area contributed by atoms with Crippen LogP contribution in [0.4, 0.5) is 0 Å². The summed E-state index contributed by atoms with van der Waals surface area (Å²) in [5.74, 6) is 2.14. The molecule has 1 aromatic carbocycles. The van der Waals surface area contributed by atoms with Crippen LogP contribution in [0.5, 0.6) is 0 Å². The van der Waals surface area contributed by atoms with E-state index in [0.29, 0.717) is 17.5 Å². The first-order valence-corrected chi connectivity index (χ1v) is 9.63. The molecule has 1 aliphatic rings. The second kappa shape index (κ2) is 8.87. The number of hydrogen-bond donors (Lipinski definition) is 2. The molecule has 1 amide bonds. The van der Waals surface area contributed by atoms with Crippen LogP contribution in [0.2, 0.25) is 0 Å². The standard InChI is InChI=1S/C18H24N4OS/c23-17(19-12-15-8-2-1-3-9-15)13-24-18-20-16(21-22-18)11-10-14-6-4-5-7-14/h1-3,8-9,14H,4-7,10-13H2,(H,19,23)(H,20,21,22). The SMILES string of the molecule is O=C(CSc1n[nH]c(CCC2CCCC2)n1)NCc1ccccc1. The van der Waals surface area contributed by atoms with E-state index in [1.54, 1.807) is 0 Å². The molecule has 0 bridgehead atoms. The third-order valence-electron chi connectivity index (χ3n) is 4.44. The molecule has 6 heteroatoms. The van der Waals surface area contributed by atoms with Crippen LogP contribution in [0, 0.1) is 5.92 Å². The van der Waals surface area contributed by atoms with Gasteiger partial charge in [0.05, 0.1) is 5.75 Å². The smallest absolute Gasteiger partial charge is 0.230 e. The zero-order valence-electron chi connectivity index (χ0n) is 13.8. The lowest BCUT2D eigenvalue weighted by Crippen LogP contribution is -2.24. The summed E-state index contributed by atoms with van der Waals surface area (Å²) in [5, 5.41) is 10.8. The van der Waals surface area contributed by atoms with Crippen molar-refractivity contribution in [1.29, 1.82) is 0 Å². The van der Waals surface area contributed by atoms with Gasteiger partial charge in [-0.3, -0.25) is 9.89 Å². The van der Waals surface area contributed by atoms with E-state index >= 15 is 0 Å². The van der Waals surface area contributed by atoms with Gasteiger partial charge in [-0.25, -0.2) is 4.98 Å². The van der Waals surface area contributed by atoms with Crippen LogP contribution in [0.15, 0.2) is 35.5 Å². The van der Waals surface area contributed by atoms with E-state index in [-0.39, 0.29) is 5.91 Å². The lowest BCUT2D eigenvalue weighted by Gasteiger charge is -2.05. The lowest BCUT2D eigenvalue weighted by atomic mass is 10.0. The van der Waals surface area contributed by atoms with Gasteiger partial charge >= 0.3 is 0 Å². The Labute approximate surface area is 147 Å². The van der Waals surface area contributed by atoms with Crippen LogP contribution in [0.25, 0.3) is 0 Å². The Hall–Kier alpha value is -1.82. The minimum atomic E-state index is 0.00107. The van der Waals surface area contributed by atoms with Gasteiger partial charge in [0.25, 0.3) is 0 Å². The summed E-state index contributed by atoms with van der Waals surface area (Å²) in [6.07, 6.45) is 7.62. The van der Waals surface area contributed by atoms with Crippen molar-refractivity contribution in [2.24, 2.45) is 5.92 Å². The van der Waals surface area contributed by atoms with Gasteiger partial charge < -0.3 is 5.32 Å². The number of carbonyl (C=O) groups excluding carboxylic acids is 1. The number of aromatic amines is 1. The fraction of sp³-hybridized carbons (Fsp3) is 0.500. The molecule has 128 valence electrons. The van der Waals surface area contributed by atoms with E-state index in [0.717, 1.165) is 23.7 Å². The maximum atomic E-state index is 11.9. The molecule has 2 aromatic rings. The maximum Gasteiger partial charge on any atom is 0.230 e. The predicted molar refractivity (Wildman–Crippen MR) is 95.7 cm³/mol. The quantitative estimate of drug-likeness (QED) is 0.721. The maximum absolute atomic E-state index is 11.9. The number of hydrogen-bond acceptors (Lipinski definition) is 4. The van der Waals surface area contributed by atoms with Crippen LogP contribution < -0.4 is 5.32 Å². The van der Waals surface area contributed by atoms with Crippen molar-refractivity contribution in [3.05, 3.63) is 41.7 Å². The molecule has 3 rings (SSSR count). The zero-order valence-corrected chi connectivity index (χ0v) is 14.6. The lowest BCUT2D eigenvalue weighted by molar-refractivity contribution is -0.118. The van der Waals surface area contributed by atoms with Crippen molar-refractivity contribution in [2.45, 2.75) is 50.2 Å². The molecule has 1 aromatic heterocycles. The number of thioether (sulfide) groups is 1. The average molecular weight is 344 g/mol. The highest BCUT2D eigenvalue weighted by atomic mass is 32.2. The van der Waals surface area contributed by atoms with Crippen LogP contribution in [-0.2, 0) is 17.8 Å². The first-order chi connectivity index (χ1) is 11.8. The molecule has 1 fully saturated rings. The van der Waals surface area contributed by atoms with Crippen molar-refractivity contribution in [2.75, 3.05) is 5.75 Å². The fourth-order valence-corrected chi connectivity index (χ4v) is 3.72. The largest absolute Gasteiger partial charge is 0.351 e. The number of H-pyrrole nitrogens is 1. The van der Waals surface area contributed by atoms with Crippen molar-refractivity contribution < 1.29 is 4.79 Å². The van der Waals surface area contributed by atoms with E-state index in [4.69, 9.17) is 0 Å². The summed E-state index contributed by atoms with van der Waals surface area (Å²) in [7, 11) is 0. The highest BCUT2D eigenvalue weighted by Crippen LogP contribution is 2.28. The predicted octanol–water partition coefficient (Wildman–Crippen LogP) is 3.34.